The predicted molar refractivity (Wildman–Crippen MR) is 115 cm³/mol. The summed E-state index contributed by atoms with van der Waals surface area (Å²) in [7, 11) is 5.50. The molecule has 1 N–H and O–H groups in total. The summed E-state index contributed by atoms with van der Waals surface area (Å²) in [6.07, 6.45) is 0.450. The Morgan fingerprint density at radius 2 is 2.04 bits per heavy atom. The lowest BCUT2D eigenvalue weighted by Gasteiger charge is -2.10. The van der Waals surface area contributed by atoms with Crippen LogP contribution in [0.3, 0.4) is 0 Å². The molecule has 0 unspecified atom stereocenters. The van der Waals surface area contributed by atoms with Crippen LogP contribution in [-0.4, -0.2) is 48.5 Å². The Bertz CT molecular complexity index is 1110. The minimum absolute atomic E-state index is 0.00408. The highest BCUT2D eigenvalue weighted by molar-refractivity contribution is 7.22. The minimum atomic E-state index is -0.00408. The van der Waals surface area contributed by atoms with Gasteiger partial charge in [0.15, 0.2) is 0 Å². The number of amides is 1. The summed E-state index contributed by atoms with van der Waals surface area (Å²) in [5, 5.41) is 9.75. The second-order valence-electron chi connectivity index (χ2n) is 6.89. The fourth-order valence-corrected chi connectivity index (χ4v) is 4.20. The largest absolute Gasteiger partial charge is 0.399 e. The molecule has 0 aliphatic rings. The minimum Gasteiger partial charge on any atom is -0.399 e. The molecule has 0 aliphatic carbocycles. The predicted octanol–water partition coefficient (Wildman–Crippen LogP) is 3.87. The number of carbonyl (C=O) groups is 1. The maximum absolute atomic E-state index is 12.2. The molecule has 0 bridgehead atoms. The number of aromatic nitrogens is 2. The lowest BCUT2D eigenvalue weighted by Crippen LogP contribution is -2.20. The van der Waals surface area contributed by atoms with E-state index in [4.69, 9.17) is 4.84 Å². The number of thiophene rings is 1. The fraction of sp³-hybridized carbons (Fsp3) is 0.238. The van der Waals surface area contributed by atoms with Crippen molar-refractivity contribution in [1.82, 2.24) is 14.8 Å². The Kier molecular flexibility index (Phi) is 5.02. The molecule has 28 heavy (non-hydrogen) atoms. The van der Waals surface area contributed by atoms with Gasteiger partial charge >= 0.3 is 0 Å². The molecule has 4 rings (SSSR count). The third kappa shape index (κ3) is 3.58. The summed E-state index contributed by atoms with van der Waals surface area (Å²) < 4.78 is 1.21. The average Bonchev–Trinajstić information content (AvgIpc) is 3.27. The molecule has 144 valence electrons. The Balaban J connectivity index is 1.72. The van der Waals surface area contributed by atoms with Crippen molar-refractivity contribution in [3.63, 3.8) is 0 Å². The van der Waals surface area contributed by atoms with E-state index in [0.717, 1.165) is 27.2 Å². The van der Waals surface area contributed by atoms with Crippen LogP contribution in [0.15, 0.2) is 48.5 Å². The number of benzene rings is 2. The fourth-order valence-electron chi connectivity index (χ4n) is 3.14. The van der Waals surface area contributed by atoms with Gasteiger partial charge in [-0.05, 0) is 49.8 Å². The number of nitrogens with one attached hydrogen (secondary N) is 1. The van der Waals surface area contributed by atoms with Gasteiger partial charge in [0.2, 0.25) is 5.91 Å². The Labute approximate surface area is 167 Å². The number of rotatable bonds is 6. The molecule has 0 atom stereocenters. The maximum Gasteiger partial charge on any atom is 0.225 e. The van der Waals surface area contributed by atoms with Crippen LogP contribution in [-0.2, 0) is 4.79 Å². The summed E-state index contributed by atoms with van der Waals surface area (Å²) in [6.45, 7) is 0.711. The molecule has 0 fully saturated rings. The van der Waals surface area contributed by atoms with Gasteiger partial charge in [-0.3, -0.25) is 4.79 Å². The van der Waals surface area contributed by atoms with Gasteiger partial charge in [-0.1, -0.05) is 23.0 Å². The van der Waals surface area contributed by atoms with E-state index in [1.165, 1.54) is 14.9 Å². The standard InChI is InChI=1S/C21H22N4O2S/c1-24(2)11-10-20(26)22-15-8-9-17-16(13-15)21(23-25(17)27-3)19-12-14-6-4-5-7-18(14)28-19/h4-9,12-13H,10-11H2,1-3H3,(H,22,26). The second-order valence-corrected chi connectivity index (χ2v) is 7.97. The van der Waals surface area contributed by atoms with Gasteiger partial charge in [0, 0.05) is 28.7 Å². The van der Waals surface area contributed by atoms with Crippen molar-refractivity contribution in [2.24, 2.45) is 0 Å². The highest BCUT2D eigenvalue weighted by atomic mass is 32.1. The topological polar surface area (TPSA) is 59.4 Å². The molecular formula is C21H22N4O2S. The summed E-state index contributed by atoms with van der Waals surface area (Å²) in [5.74, 6) is -0.00408. The van der Waals surface area contributed by atoms with Crippen LogP contribution < -0.4 is 10.2 Å². The Hall–Kier alpha value is -2.90. The highest BCUT2D eigenvalue weighted by Gasteiger charge is 2.16. The van der Waals surface area contributed by atoms with Crippen molar-refractivity contribution in [1.29, 1.82) is 0 Å². The van der Waals surface area contributed by atoms with Crippen LogP contribution in [0.2, 0.25) is 0 Å². The average molecular weight is 395 g/mol. The zero-order valence-corrected chi connectivity index (χ0v) is 16.9. The van der Waals surface area contributed by atoms with Crippen molar-refractivity contribution < 1.29 is 9.63 Å². The number of carbonyl (C=O) groups excluding carboxylic acids is 1. The summed E-state index contributed by atoms with van der Waals surface area (Å²) >= 11 is 1.70. The van der Waals surface area contributed by atoms with Crippen LogP contribution in [0.5, 0.6) is 0 Å². The normalized spacial score (nSPS) is 11.4. The Morgan fingerprint density at radius 3 is 2.79 bits per heavy atom. The molecule has 7 heteroatoms. The monoisotopic (exact) mass is 394 g/mol. The first-order valence-electron chi connectivity index (χ1n) is 9.06. The van der Waals surface area contributed by atoms with Gasteiger partial charge in [-0.25, -0.2) is 0 Å². The van der Waals surface area contributed by atoms with Crippen LogP contribution >= 0.6 is 11.3 Å². The van der Waals surface area contributed by atoms with Crippen LogP contribution in [0.1, 0.15) is 6.42 Å². The molecule has 2 aromatic carbocycles. The smallest absolute Gasteiger partial charge is 0.225 e. The van der Waals surface area contributed by atoms with E-state index < -0.39 is 0 Å². The molecule has 0 saturated carbocycles. The molecular weight excluding hydrogens is 372 g/mol. The second kappa shape index (κ2) is 7.61. The SMILES string of the molecule is COn1nc(-c2cc3ccccc3s2)c2cc(NC(=O)CCN(C)C)ccc21. The zero-order valence-electron chi connectivity index (χ0n) is 16.1. The molecule has 0 aliphatic heterocycles. The number of fused-ring (bicyclic) bond motifs is 2. The summed E-state index contributed by atoms with van der Waals surface area (Å²) in [5.41, 5.74) is 2.47. The van der Waals surface area contributed by atoms with Gasteiger partial charge < -0.3 is 15.1 Å². The van der Waals surface area contributed by atoms with Crippen molar-refractivity contribution in [2.75, 3.05) is 33.1 Å². The molecule has 0 spiro atoms. The highest BCUT2D eigenvalue weighted by Crippen LogP contribution is 2.37. The van der Waals surface area contributed by atoms with Crippen LogP contribution in [0.25, 0.3) is 31.6 Å². The third-order valence-electron chi connectivity index (χ3n) is 4.55. The zero-order chi connectivity index (χ0) is 19.7. The molecule has 2 aromatic heterocycles. The lowest BCUT2D eigenvalue weighted by molar-refractivity contribution is -0.116. The van der Waals surface area contributed by atoms with Gasteiger partial charge in [0.05, 0.1) is 4.88 Å². The van der Waals surface area contributed by atoms with E-state index in [9.17, 15) is 4.79 Å². The van der Waals surface area contributed by atoms with Gasteiger partial charge in [0.25, 0.3) is 0 Å². The van der Waals surface area contributed by atoms with Crippen molar-refractivity contribution >= 4 is 43.9 Å². The maximum atomic E-state index is 12.2. The van der Waals surface area contributed by atoms with Crippen molar-refractivity contribution in [3.8, 4) is 10.6 Å². The summed E-state index contributed by atoms with van der Waals surface area (Å²) in [6, 6.07) is 16.2. The van der Waals surface area contributed by atoms with Crippen molar-refractivity contribution in [3.05, 3.63) is 48.5 Å². The molecule has 4 aromatic rings. The van der Waals surface area contributed by atoms with E-state index in [0.29, 0.717) is 13.0 Å². The number of hydrogen-bond donors (Lipinski definition) is 1. The van der Waals surface area contributed by atoms with E-state index in [1.54, 1.807) is 18.4 Å². The van der Waals surface area contributed by atoms with E-state index in [1.807, 2.05) is 49.3 Å². The van der Waals surface area contributed by atoms with E-state index in [2.05, 4.69) is 28.6 Å². The first-order chi connectivity index (χ1) is 13.5. The van der Waals surface area contributed by atoms with Gasteiger partial charge in [-0.2, -0.15) is 0 Å². The first-order valence-corrected chi connectivity index (χ1v) is 9.87. The molecule has 6 nitrogen and oxygen atoms in total. The quantitative estimate of drug-likeness (QED) is 0.539. The molecule has 0 saturated heterocycles. The van der Waals surface area contributed by atoms with Crippen molar-refractivity contribution in [2.45, 2.75) is 6.42 Å². The molecule has 2 heterocycles. The number of anilines is 1. The first kappa shape index (κ1) is 18.5. The van der Waals surface area contributed by atoms with Crippen LogP contribution in [0, 0.1) is 0 Å². The molecule has 1 amide bonds. The number of hydrogen-bond acceptors (Lipinski definition) is 5. The van der Waals surface area contributed by atoms with Crippen LogP contribution in [0.4, 0.5) is 5.69 Å². The molecule has 0 radical (unpaired) electrons. The van der Waals surface area contributed by atoms with E-state index in [-0.39, 0.29) is 5.91 Å². The van der Waals surface area contributed by atoms with E-state index >= 15 is 0 Å². The Morgan fingerprint density at radius 1 is 1.21 bits per heavy atom. The lowest BCUT2D eigenvalue weighted by atomic mass is 10.1. The third-order valence-corrected chi connectivity index (χ3v) is 5.67. The van der Waals surface area contributed by atoms with Gasteiger partial charge in [0.1, 0.15) is 18.3 Å². The summed E-state index contributed by atoms with van der Waals surface area (Å²) in [4.78, 5) is 22.2. The number of nitrogens with zero attached hydrogens (tertiary/aromatic N) is 3. The van der Waals surface area contributed by atoms with Gasteiger partial charge in [-0.15, -0.1) is 16.4 Å².